The Kier molecular flexibility index (Phi) is 5.02. The van der Waals surface area contributed by atoms with E-state index in [0.29, 0.717) is 23.0 Å². The second kappa shape index (κ2) is 6.76. The summed E-state index contributed by atoms with van der Waals surface area (Å²) in [4.78, 5) is 12.1. The van der Waals surface area contributed by atoms with Gasteiger partial charge in [0.25, 0.3) is 5.91 Å². The van der Waals surface area contributed by atoms with Crippen LogP contribution in [0, 0.1) is 5.92 Å². The van der Waals surface area contributed by atoms with Crippen LogP contribution in [0.5, 0.6) is 0 Å². The van der Waals surface area contributed by atoms with E-state index in [-0.39, 0.29) is 11.9 Å². The zero-order valence-electron chi connectivity index (χ0n) is 12.5. The molecular weight excluding hydrogens is 286 g/mol. The highest BCUT2D eigenvalue weighted by atomic mass is 35.5. The zero-order valence-corrected chi connectivity index (χ0v) is 13.3. The standard InChI is InChI=1S/C16H20ClN3O/c1-11(2)12(3)19-16(21)14-8-18-20(10-14)9-13-6-4-5-7-15(13)17/h4-8,10-12H,9H2,1-3H3,(H,19,21). The molecule has 2 rings (SSSR count). The molecule has 1 aromatic heterocycles. The Bertz CT molecular complexity index is 621. The minimum atomic E-state index is -0.0957. The minimum Gasteiger partial charge on any atom is -0.349 e. The van der Waals surface area contributed by atoms with Crippen molar-refractivity contribution in [1.29, 1.82) is 0 Å². The Balaban J connectivity index is 2.05. The van der Waals surface area contributed by atoms with Crippen LogP contribution in [-0.2, 0) is 6.54 Å². The van der Waals surface area contributed by atoms with Gasteiger partial charge in [0.05, 0.1) is 18.3 Å². The van der Waals surface area contributed by atoms with Crippen molar-refractivity contribution in [3.05, 3.63) is 52.8 Å². The van der Waals surface area contributed by atoms with Crippen LogP contribution in [0.4, 0.5) is 0 Å². The van der Waals surface area contributed by atoms with Gasteiger partial charge in [-0.1, -0.05) is 43.6 Å². The van der Waals surface area contributed by atoms with Gasteiger partial charge in [0.1, 0.15) is 0 Å². The maximum absolute atomic E-state index is 12.1. The average molecular weight is 306 g/mol. The quantitative estimate of drug-likeness (QED) is 0.920. The molecule has 1 unspecified atom stereocenters. The predicted octanol–water partition coefficient (Wildman–Crippen LogP) is 3.36. The number of nitrogens with one attached hydrogen (secondary N) is 1. The third kappa shape index (κ3) is 4.08. The number of carbonyl (C=O) groups excluding carboxylic acids is 1. The number of hydrogen-bond donors (Lipinski definition) is 1. The van der Waals surface area contributed by atoms with Crippen LogP contribution in [0.15, 0.2) is 36.7 Å². The molecule has 112 valence electrons. The summed E-state index contributed by atoms with van der Waals surface area (Å²) in [7, 11) is 0. The van der Waals surface area contributed by atoms with E-state index >= 15 is 0 Å². The van der Waals surface area contributed by atoms with Crippen LogP contribution < -0.4 is 5.32 Å². The predicted molar refractivity (Wildman–Crippen MR) is 84.5 cm³/mol. The third-order valence-corrected chi connectivity index (χ3v) is 3.91. The maximum Gasteiger partial charge on any atom is 0.254 e. The SMILES string of the molecule is CC(C)C(C)NC(=O)c1cnn(Cc2ccccc2Cl)c1. The molecular formula is C16H20ClN3O. The highest BCUT2D eigenvalue weighted by Crippen LogP contribution is 2.16. The molecule has 1 aromatic carbocycles. The molecule has 1 N–H and O–H groups in total. The van der Waals surface area contributed by atoms with Crippen LogP contribution in [0.3, 0.4) is 0 Å². The maximum atomic E-state index is 12.1. The van der Waals surface area contributed by atoms with Crippen LogP contribution in [0.2, 0.25) is 5.02 Å². The molecule has 0 bridgehead atoms. The fourth-order valence-electron chi connectivity index (χ4n) is 1.83. The number of halogens is 1. The number of benzene rings is 1. The number of aromatic nitrogens is 2. The van der Waals surface area contributed by atoms with Crippen molar-refractivity contribution < 1.29 is 4.79 Å². The van der Waals surface area contributed by atoms with Gasteiger partial charge in [-0.05, 0) is 24.5 Å². The van der Waals surface area contributed by atoms with E-state index in [2.05, 4.69) is 24.3 Å². The Morgan fingerprint density at radius 3 is 2.71 bits per heavy atom. The van der Waals surface area contributed by atoms with Gasteiger partial charge >= 0.3 is 0 Å². The summed E-state index contributed by atoms with van der Waals surface area (Å²) < 4.78 is 1.72. The third-order valence-electron chi connectivity index (χ3n) is 3.54. The molecule has 0 aliphatic rings. The number of amides is 1. The summed E-state index contributed by atoms with van der Waals surface area (Å²) in [6, 6.07) is 7.75. The van der Waals surface area contributed by atoms with E-state index in [9.17, 15) is 4.79 Å². The molecule has 0 aliphatic carbocycles. The molecule has 0 spiro atoms. The molecule has 0 saturated heterocycles. The molecule has 0 aliphatic heterocycles. The van der Waals surface area contributed by atoms with Crippen molar-refractivity contribution in [3.8, 4) is 0 Å². The normalized spacial score (nSPS) is 12.4. The second-order valence-corrected chi connectivity index (χ2v) is 5.93. The smallest absolute Gasteiger partial charge is 0.254 e. The van der Waals surface area contributed by atoms with E-state index < -0.39 is 0 Å². The largest absolute Gasteiger partial charge is 0.349 e. The highest BCUT2D eigenvalue weighted by Gasteiger charge is 2.14. The van der Waals surface area contributed by atoms with Crippen molar-refractivity contribution in [3.63, 3.8) is 0 Å². The van der Waals surface area contributed by atoms with Crippen LogP contribution in [0.25, 0.3) is 0 Å². The van der Waals surface area contributed by atoms with Gasteiger partial charge < -0.3 is 5.32 Å². The van der Waals surface area contributed by atoms with E-state index in [1.165, 1.54) is 0 Å². The fraction of sp³-hybridized carbons (Fsp3) is 0.375. The van der Waals surface area contributed by atoms with Crippen molar-refractivity contribution >= 4 is 17.5 Å². The topological polar surface area (TPSA) is 46.9 Å². The van der Waals surface area contributed by atoms with Gasteiger partial charge in [0, 0.05) is 17.3 Å². The molecule has 4 nitrogen and oxygen atoms in total. The first-order chi connectivity index (χ1) is 9.97. The molecule has 1 amide bonds. The van der Waals surface area contributed by atoms with E-state index in [4.69, 9.17) is 11.6 Å². The van der Waals surface area contributed by atoms with Crippen molar-refractivity contribution in [2.45, 2.75) is 33.4 Å². The first kappa shape index (κ1) is 15.6. The molecule has 0 fully saturated rings. The molecule has 1 heterocycles. The summed E-state index contributed by atoms with van der Waals surface area (Å²) in [5.74, 6) is 0.300. The van der Waals surface area contributed by atoms with Gasteiger partial charge in [-0.25, -0.2) is 0 Å². The molecule has 2 aromatic rings. The molecule has 0 radical (unpaired) electrons. The number of rotatable bonds is 5. The number of hydrogen-bond acceptors (Lipinski definition) is 2. The zero-order chi connectivity index (χ0) is 15.4. The first-order valence-electron chi connectivity index (χ1n) is 7.04. The monoisotopic (exact) mass is 305 g/mol. The second-order valence-electron chi connectivity index (χ2n) is 5.52. The van der Waals surface area contributed by atoms with Crippen LogP contribution in [0.1, 0.15) is 36.7 Å². The lowest BCUT2D eigenvalue weighted by atomic mass is 10.1. The molecule has 5 heteroatoms. The highest BCUT2D eigenvalue weighted by molar-refractivity contribution is 6.31. The van der Waals surface area contributed by atoms with Crippen LogP contribution in [-0.4, -0.2) is 21.7 Å². The Labute approximate surface area is 130 Å². The fourth-order valence-corrected chi connectivity index (χ4v) is 2.02. The molecule has 1 atom stereocenters. The Hall–Kier alpha value is -1.81. The summed E-state index contributed by atoms with van der Waals surface area (Å²) >= 11 is 6.13. The number of carbonyl (C=O) groups is 1. The summed E-state index contributed by atoms with van der Waals surface area (Å²) in [5.41, 5.74) is 1.54. The van der Waals surface area contributed by atoms with Gasteiger partial charge in [0.15, 0.2) is 0 Å². The van der Waals surface area contributed by atoms with Gasteiger partial charge in [-0.15, -0.1) is 0 Å². The first-order valence-corrected chi connectivity index (χ1v) is 7.42. The minimum absolute atomic E-state index is 0.0957. The van der Waals surface area contributed by atoms with E-state index in [1.807, 2.05) is 31.2 Å². The van der Waals surface area contributed by atoms with Gasteiger partial charge in [-0.2, -0.15) is 5.10 Å². The summed E-state index contributed by atoms with van der Waals surface area (Å²) in [6.45, 7) is 6.70. The van der Waals surface area contributed by atoms with Crippen molar-refractivity contribution in [1.82, 2.24) is 15.1 Å². The van der Waals surface area contributed by atoms with E-state index in [0.717, 1.165) is 5.56 Å². The van der Waals surface area contributed by atoms with Crippen molar-refractivity contribution in [2.24, 2.45) is 5.92 Å². The van der Waals surface area contributed by atoms with Gasteiger partial charge in [-0.3, -0.25) is 9.48 Å². The lowest BCUT2D eigenvalue weighted by Gasteiger charge is -2.16. The Morgan fingerprint density at radius 2 is 2.05 bits per heavy atom. The lowest BCUT2D eigenvalue weighted by molar-refractivity contribution is 0.0930. The summed E-state index contributed by atoms with van der Waals surface area (Å²) in [6.07, 6.45) is 3.32. The summed E-state index contributed by atoms with van der Waals surface area (Å²) in [5, 5.41) is 7.89. The molecule has 0 saturated carbocycles. The van der Waals surface area contributed by atoms with E-state index in [1.54, 1.807) is 17.1 Å². The molecule has 21 heavy (non-hydrogen) atoms. The lowest BCUT2D eigenvalue weighted by Crippen LogP contribution is -2.35. The van der Waals surface area contributed by atoms with Gasteiger partial charge in [0.2, 0.25) is 0 Å². The Morgan fingerprint density at radius 1 is 1.33 bits per heavy atom. The van der Waals surface area contributed by atoms with Crippen molar-refractivity contribution in [2.75, 3.05) is 0 Å². The van der Waals surface area contributed by atoms with Crippen LogP contribution >= 0.6 is 11.6 Å². The average Bonchev–Trinajstić information content (AvgIpc) is 2.90. The number of nitrogens with zero attached hydrogens (tertiary/aromatic N) is 2.